The summed E-state index contributed by atoms with van der Waals surface area (Å²) in [6.07, 6.45) is 0. The molecule has 0 aromatic heterocycles. The molecule has 0 spiro atoms. The minimum absolute atomic E-state index is 0.166. The van der Waals surface area contributed by atoms with Crippen LogP contribution in [-0.4, -0.2) is 11.7 Å². The van der Waals surface area contributed by atoms with E-state index < -0.39 is 0 Å². The molecule has 0 aliphatic heterocycles. The molecule has 0 amide bonds. The lowest BCUT2D eigenvalue weighted by atomic mass is 10.1. The molecule has 2 rings (SSSR count). The van der Waals surface area contributed by atoms with Crippen molar-refractivity contribution in [1.82, 2.24) is 5.32 Å². The largest absolute Gasteiger partial charge is 0.508 e. The van der Waals surface area contributed by atoms with Gasteiger partial charge in [-0.25, -0.2) is 0 Å². The number of benzene rings is 2. The third-order valence-electron chi connectivity index (χ3n) is 3.33. The van der Waals surface area contributed by atoms with Crippen LogP contribution in [0.5, 0.6) is 11.5 Å². The maximum absolute atomic E-state index is 9.80. The van der Waals surface area contributed by atoms with E-state index in [2.05, 4.69) is 12.2 Å². The van der Waals surface area contributed by atoms with Crippen LogP contribution >= 0.6 is 11.6 Å². The van der Waals surface area contributed by atoms with E-state index in [1.54, 1.807) is 18.2 Å². The second-order valence-electron chi connectivity index (χ2n) is 4.88. The van der Waals surface area contributed by atoms with Crippen molar-refractivity contribution in [2.75, 3.05) is 6.61 Å². The van der Waals surface area contributed by atoms with E-state index in [0.29, 0.717) is 18.2 Å². The molecule has 2 N–H and O–H groups in total. The fourth-order valence-electron chi connectivity index (χ4n) is 2.10. The zero-order valence-electron chi connectivity index (χ0n) is 12.3. The van der Waals surface area contributed by atoms with Crippen LogP contribution in [0.15, 0.2) is 42.5 Å². The second-order valence-corrected chi connectivity index (χ2v) is 5.31. The van der Waals surface area contributed by atoms with Crippen LogP contribution in [0.2, 0.25) is 5.02 Å². The van der Waals surface area contributed by atoms with Crippen molar-refractivity contribution in [1.29, 1.82) is 0 Å². The number of nitrogens with one attached hydrogen (secondary N) is 1. The summed E-state index contributed by atoms with van der Waals surface area (Å²) in [5, 5.41) is 13.8. The molecule has 0 bridgehead atoms. The number of hydrogen-bond donors (Lipinski definition) is 2. The Morgan fingerprint density at radius 2 is 1.90 bits per heavy atom. The predicted molar refractivity (Wildman–Crippen MR) is 86.0 cm³/mol. The van der Waals surface area contributed by atoms with Crippen molar-refractivity contribution >= 4 is 11.6 Å². The summed E-state index contributed by atoms with van der Waals surface area (Å²) in [5.74, 6) is 1.13. The summed E-state index contributed by atoms with van der Waals surface area (Å²) in [7, 11) is 0. The highest BCUT2D eigenvalue weighted by Gasteiger charge is 2.07. The number of ether oxygens (including phenoxy) is 1. The van der Waals surface area contributed by atoms with Crippen LogP contribution in [0, 0.1) is 0 Å². The highest BCUT2D eigenvalue weighted by atomic mass is 35.5. The fourth-order valence-corrected chi connectivity index (χ4v) is 2.29. The molecule has 0 saturated heterocycles. The number of phenols is 1. The molecule has 0 radical (unpaired) electrons. The Bertz CT molecular complexity index is 584. The van der Waals surface area contributed by atoms with E-state index in [9.17, 15) is 5.11 Å². The molecule has 21 heavy (non-hydrogen) atoms. The Labute approximate surface area is 130 Å². The molecular weight excluding hydrogens is 286 g/mol. The maximum Gasteiger partial charge on any atom is 0.120 e. The summed E-state index contributed by atoms with van der Waals surface area (Å²) in [6.45, 7) is 5.27. The van der Waals surface area contributed by atoms with Gasteiger partial charge in [0.25, 0.3) is 0 Å². The highest BCUT2D eigenvalue weighted by molar-refractivity contribution is 6.30. The average Bonchev–Trinajstić information content (AvgIpc) is 2.49. The predicted octanol–water partition coefficient (Wildman–Crippen LogP) is 4.30. The Hall–Kier alpha value is -1.71. The first kappa shape index (κ1) is 15.7. The van der Waals surface area contributed by atoms with E-state index in [1.807, 2.05) is 31.2 Å². The second kappa shape index (κ2) is 7.34. The van der Waals surface area contributed by atoms with Crippen LogP contribution in [-0.2, 0) is 6.54 Å². The van der Waals surface area contributed by atoms with Gasteiger partial charge in [-0.05, 0) is 49.7 Å². The monoisotopic (exact) mass is 305 g/mol. The lowest BCUT2D eigenvalue weighted by Crippen LogP contribution is -2.18. The first-order valence-corrected chi connectivity index (χ1v) is 7.41. The van der Waals surface area contributed by atoms with Gasteiger partial charge < -0.3 is 15.2 Å². The van der Waals surface area contributed by atoms with Crippen molar-refractivity contribution in [2.24, 2.45) is 0 Å². The minimum atomic E-state index is 0.166. The summed E-state index contributed by atoms with van der Waals surface area (Å²) in [4.78, 5) is 0. The third-order valence-corrected chi connectivity index (χ3v) is 3.57. The number of hydrogen-bond acceptors (Lipinski definition) is 3. The van der Waals surface area contributed by atoms with Crippen LogP contribution in [0.4, 0.5) is 0 Å². The Morgan fingerprint density at radius 1 is 1.19 bits per heavy atom. The van der Waals surface area contributed by atoms with Crippen molar-refractivity contribution in [3.63, 3.8) is 0 Å². The van der Waals surface area contributed by atoms with Gasteiger partial charge in [-0.3, -0.25) is 0 Å². The van der Waals surface area contributed by atoms with Gasteiger partial charge in [0.05, 0.1) is 6.61 Å². The van der Waals surface area contributed by atoms with Crippen LogP contribution in [0.25, 0.3) is 0 Å². The van der Waals surface area contributed by atoms with Gasteiger partial charge in [-0.15, -0.1) is 0 Å². The lowest BCUT2D eigenvalue weighted by molar-refractivity contribution is 0.340. The van der Waals surface area contributed by atoms with E-state index in [4.69, 9.17) is 16.3 Å². The minimum Gasteiger partial charge on any atom is -0.508 e. The van der Waals surface area contributed by atoms with E-state index in [0.717, 1.165) is 11.3 Å². The Kier molecular flexibility index (Phi) is 5.48. The number of phenolic OH excluding ortho intramolecular Hbond substituents is 1. The number of rotatable bonds is 6. The molecule has 0 saturated carbocycles. The molecule has 1 unspecified atom stereocenters. The van der Waals surface area contributed by atoms with Crippen LogP contribution < -0.4 is 10.1 Å². The van der Waals surface area contributed by atoms with Gasteiger partial charge >= 0.3 is 0 Å². The van der Waals surface area contributed by atoms with Gasteiger partial charge in [0.1, 0.15) is 11.5 Å². The molecule has 0 heterocycles. The fraction of sp³-hybridized carbons (Fsp3) is 0.294. The topological polar surface area (TPSA) is 41.5 Å². The quantitative estimate of drug-likeness (QED) is 0.836. The normalized spacial score (nSPS) is 12.1. The molecular formula is C17H20ClNO2. The Morgan fingerprint density at radius 3 is 2.57 bits per heavy atom. The van der Waals surface area contributed by atoms with Crippen molar-refractivity contribution < 1.29 is 9.84 Å². The summed E-state index contributed by atoms with van der Waals surface area (Å²) in [6, 6.07) is 13.2. The van der Waals surface area contributed by atoms with E-state index >= 15 is 0 Å². The molecule has 3 nitrogen and oxygen atoms in total. The molecule has 0 aliphatic carbocycles. The molecule has 2 aromatic rings. The van der Waals surface area contributed by atoms with Crippen molar-refractivity contribution in [3.8, 4) is 11.5 Å². The highest BCUT2D eigenvalue weighted by Crippen LogP contribution is 2.23. The molecule has 1 atom stereocenters. The zero-order valence-corrected chi connectivity index (χ0v) is 13.0. The van der Waals surface area contributed by atoms with Crippen LogP contribution in [0.3, 0.4) is 0 Å². The number of aromatic hydroxyl groups is 1. The van der Waals surface area contributed by atoms with Gasteiger partial charge in [0.2, 0.25) is 0 Å². The maximum atomic E-state index is 9.80. The van der Waals surface area contributed by atoms with E-state index in [1.165, 1.54) is 5.56 Å². The zero-order chi connectivity index (χ0) is 15.2. The van der Waals surface area contributed by atoms with Gasteiger partial charge in [0.15, 0.2) is 0 Å². The number of halogens is 1. The molecule has 4 heteroatoms. The first-order valence-electron chi connectivity index (χ1n) is 7.03. The summed E-state index contributed by atoms with van der Waals surface area (Å²) < 4.78 is 5.43. The molecule has 0 aliphatic rings. The average molecular weight is 306 g/mol. The van der Waals surface area contributed by atoms with E-state index in [-0.39, 0.29) is 11.8 Å². The van der Waals surface area contributed by atoms with Crippen molar-refractivity contribution in [2.45, 2.75) is 26.4 Å². The summed E-state index contributed by atoms with van der Waals surface area (Å²) >= 11 is 5.94. The first-order chi connectivity index (χ1) is 10.1. The van der Waals surface area contributed by atoms with Gasteiger partial charge in [-0.1, -0.05) is 23.7 Å². The molecule has 2 aromatic carbocycles. The van der Waals surface area contributed by atoms with Gasteiger partial charge in [0, 0.05) is 23.2 Å². The standard InChI is InChI=1S/C17H20ClNO2/c1-3-21-16-7-4-13(5-8-16)12(2)19-11-14-10-15(18)6-9-17(14)20/h4-10,12,19-20H,3,11H2,1-2H3. The lowest BCUT2D eigenvalue weighted by Gasteiger charge is -2.15. The van der Waals surface area contributed by atoms with Crippen LogP contribution in [0.1, 0.15) is 31.0 Å². The van der Waals surface area contributed by atoms with Gasteiger partial charge in [-0.2, -0.15) is 0 Å². The smallest absolute Gasteiger partial charge is 0.120 e. The Balaban J connectivity index is 1.97. The molecule has 0 fully saturated rings. The van der Waals surface area contributed by atoms with Crippen molar-refractivity contribution in [3.05, 3.63) is 58.6 Å². The summed E-state index contributed by atoms with van der Waals surface area (Å²) in [5.41, 5.74) is 1.96. The third kappa shape index (κ3) is 4.38. The molecule has 112 valence electrons. The SMILES string of the molecule is CCOc1ccc(C(C)NCc2cc(Cl)ccc2O)cc1.